The second-order valence-electron chi connectivity index (χ2n) is 7.22. The van der Waals surface area contributed by atoms with Crippen LogP contribution in [0.5, 0.6) is 0 Å². The van der Waals surface area contributed by atoms with Gasteiger partial charge in [0.05, 0.1) is 6.10 Å². The van der Waals surface area contributed by atoms with Gasteiger partial charge in [0.1, 0.15) is 5.82 Å². The van der Waals surface area contributed by atoms with Crippen LogP contribution in [-0.2, 0) is 17.7 Å². The average Bonchev–Trinajstić information content (AvgIpc) is 3.13. The highest BCUT2D eigenvalue weighted by molar-refractivity contribution is 5.55. The van der Waals surface area contributed by atoms with E-state index in [1.54, 1.807) is 6.07 Å². The largest absolute Gasteiger partial charge is 0.377 e. The lowest BCUT2D eigenvalue weighted by Crippen LogP contribution is -2.28. The molecule has 26 heavy (non-hydrogen) atoms. The molecule has 2 heterocycles. The molecule has 0 radical (unpaired) electrons. The highest BCUT2D eigenvalue weighted by Crippen LogP contribution is 2.17. The minimum absolute atomic E-state index is 0.0820. The number of nitrogens with one attached hydrogen (secondary N) is 1. The predicted molar refractivity (Wildman–Crippen MR) is 104 cm³/mol. The summed E-state index contributed by atoms with van der Waals surface area (Å²) in [6, 6.07) is 9.90. The van der Waals surface area contributed by atoms with Crippen LogP contribution in [0.15, 0.2) is 35.1 Å². The van der Waals surface area contributed by atoms with E-state index in [2.05, 4.69) is 41.0 Å². The van der Waals surface area contributed by atoms with E-state index in [9.17, 15) is 4.79 Å². The molecule has 1 N–H and O–H groups in total. The molecule has 140 valence electrons. The Balaban J connectivity index is 1.65. The van der Waals surface area contributed by atoms with Crippen molar-refractivity contribution in [1.82, 2.24) is 14.9 Å². The number of nitrogens with zero attached hydrogens (tertiary/aromatic N) is 2. The Kier molecular flexibility index (Phi) is 6.58. The van der Waals surface area contributed by atoms with Gasteiger partial charge in [0.2, 0.25) is 0 Å². The molecule has 5 nitrogen and oxygen atoms in total. The molecule has 5 heteroatoms. The zero-order valence-electron chi connectivity index (χ0n) is 15.8. The summed E-state index contributed by atoms with van der Waals surface area (Å²) in [5, 5.41) is 0. The molecule has 0 bridgehead atoms. The third-order valence-corrected chi connectivity index (χ3v) is 4.80. The van der Waals surface area contributed by atoms with Crippen LogP contribution in [-0.4, -0.2) is 41.2 Å². The molecule has 0 amide bonds. The summed E-state index contributed by atoms with van der Waals surface area (Å²) >= 11 is 0. The van der Waals surface area contributed by atoms with Crippen LogP contribution in [0.1, 0.15) is 43.9 Å². The molecule has 0 spiro atoms. The molecule has 1 aliphatic heterocycles. The molecule has 2 aromatic rings. The van der Waals surface area contributed by atoms with E-state index in [1.807, 2.05) is 12.1 Å². The van der Waals surface area contributed by atoms with Gasteiger partial charge in [0, 0.05) is 37.0 Å². The highest BCUT2D eigenvalue weighted by Gasteiger charge is 2.17. The third kappa shape index (κ3) is 5.26. The van der Waals surface area contributed by atoms with Gasteiger partial charge in [-0.05, 0) is 38.3 Å². The van der Waals surface area contributed by atoms with Crippen molar-refractivity contribution in [2.45, 2.75) is 51.7 Å². The third-order valence-electron chi connectivity index (χ3n) is 4.80. The molecule has 1 fully saturated rings. The normalized spacial score (nSPS) is 17.1. The topological polar surface area (TPSA) is 58.2 Å². The van der Waals surface area contributed by atoms with Crippen LogP contribution >= 0.6 is 0 Å². The quantitative estimate of drug-likeness (QED) is 0.788. The summed E-state index contributed by atoms with van der Waals surface area (Å²) in [5.74, 6) is 0.655. The Morgan fingerprint density at radius 1 is 1.31 bits per heavy atom. The van der Waals surface area contributed by atoms with E-state index >= 15 is 0 Å². The maximum Gasteiger partial charge on any atom is 0.251 e. The van der Waals surface area contributed by atoms with Crippen molar-refractivity contribution in [1.29, 1.82) is 0 Å². The SMILES string of the molecule is CCCCc1cc(=O)[nH]c(-c2ccc(CN(C)CC3CCCO3)cc2)n1. The maximum atomic E-state index is 11.9. The van der Waals surface area contributed by atoms with Crippen molar-refractivity contribution in [3.05, 3.63) is 51.9 Å². The van der Waals surface area contributed by atoms with E-state index in [1.165, 1.54) is 12.0 Å². The summed E-state index contributed by atoms with van der Waals surface area (Å²) in [4.78, 5) is 21.7. The van der Waals surface area contributed by atoms with Crippen molar-refractivity contribution in [3.8, 4) is 11.4 Å². The average molecular weight is 355 g/mol. The van der Waals surface area contributed by atoms with Gasteiger partial charge >= 0.3 is 0 Å². The Hall–Kier alpha value is -1.98. The molecule has 1 atom stereocenters. The monoisotopic (exact) mass is 355 g/mol. The number of hydrogen-bond acceptors (Lipinski definition) is 4. The Bertz CT molecular complexity index is 749. The summed E-state index contributed by atoms with van der Waals surface area (Å²) < 4.78 is 5.70. The van der Waals surface area contributed by atoms with Crippen LogP contribution < -0.4 is 5.56 Å². The second kappa shape index (κ2) is 9.10. The number of benzene rings is 1. The molecule has 0 saturated carbocycles. The molecule has 1 unspecified atom stereocenters. The number of unbranched alkanes of at least 4 members (excludes halogenated alkanes) is 1. The Morgan fingerprint density at radius 3 is 2.81 bits per heavy atom. The Labute approximate surface area is 155 Å². The Morgan fingerprint density at radius 2 is 2.12 bits per heavy atom. The standard InChI is InChI=1S/C21H29N3O2/c1-3-4-6-18-13-20(25)23-21(22-18)17-10-8-16(9-11-17)14-24(2)15-19-7-5-12-26-19/h8-11,13,19H,3-7,12,14-15H2,1-2H3,(H,22,23,25). The number of rotatable bonds is 8. The number of hydrogen-bond donors (Lipinski definition) is 1. The van der Waals surface area contributed by atoms with Crippen molar-refractivity contribution in [3.63, 3.8) is 0 Å². The van der Waals surface area contributed by atoms with Crippen molar-refractivity contribution in [2.75, 3.05) is 20.2 Å². The lowest BCUT2D eigenvalue weighted by Gasteiger charge is -2.20. The molecule has 1 aromatic heterocycles. The van der Waals surface area contributed by atoms with Gasteiger partial charge < -0.3 is 9.72 Å². The number of H-pyrrole nitrogens is 1. The first-order valence-electron chi connectivity index (χ1n) is 9.63. The molecule has 1 aliphatic rings. The first-order valence-corrected chi connectivity index (χ1v) is 9.63. The van der Waals surface area contributed by atoms with Crippen LogP contribution in [0, 0.1) is 0 Å². The number of ether oxygens (including phenoxy) is 1. The zero-order valence-corrected chi connectivity index (χ0v) is 15.8. The van der Waals surface area contributed by atoms with Crippen LogP contribution in [0.3, 0.4) is 0 Å². The van der Waals surface area contributed by atoms with Gasteiger partial charge in [0.25, 0.3) is 5.56 Å². The van der Waals surface area contributed by atoms with Crippen molar-refractivity contribution in [2.24, 2.45) is 0 Å². The van der Waals surface area contributed by atoms with Gasteiger partial charge in [-0.25, -0.2) is 4.98 Å². The second-order valence-corrected chi connectivity index (χ2v) is 7.22. The first kappa shape index (κ1) is 18.8. The number of aryl methyl sites for hydroxylation is 1. The zero-order chi connectivity index (χ0) is 18.4. The summed E-state index contributed by atoms with van der Waals surface area (Å²) in [5.41, 5.74) is 2.98. The fourth-order valence-electron chi connectivity index (χ4n) is 3.41. The van der Waals surface area contributed by atoms with E-state index in [-0.39, 0.29) is 5.56 Å². The minimum atomic E-state index is -0.0820. The predicted octanol–water partition coefficient (Wildman–Crippen LogP) is 3.39. The fourth-order valence-corrected chi connectivity index (χ4v) is 3.41. The minimum Gasteiger partial charge on any atom is -0.377 e. The first-order chi connectivity index (χ1) is 12.6. The van der Waals surface area contributed by atoms with Gasteiger partial charge in [-0.2, -0.15) is 0 Å². The molecule has 0 aliphatic carbocycles. The maximum absolute atomic E-state index is 11.9. The lowest BCUT2D eigenvalue weighted by molar-refractivity contribution is 0.0793. The van der Waals surface area contributed by atoms with Crippen LogP contribution in [0.25, 0.3) is 11.4 Å². The number of likely N-dealkylation sites (N-methyl/N-ethyl adjacent to an activating group) is 1. The molecule has 1 aromatic carbocycles. The summed E-state index contributed by atoms with van der Waals surface area (Å²) in [6.07, 6.45) is 5.70. The molecular formula is C21H29N3O2. The molecular weight excluding hydrogens is 326 g/mol. The highest BCUT2D eigenvalue weighted by atomic mass is 16.5. The van der Waals surface area contributed by atoms with Gasteiger partial charge in [0.15, 0.2) is 0 Å². The van der Waals surface area contributed by atoms with Crippen LogP contribution in [0.4, 0.5) is 0 Å². The summed E-state index contributed by atoms with van der Waals surface area (Å²) in [6.45, 7) is 4.90. The molecule has 3 rings (SSSR count). The number of aromatic amines is 1. The van der Waals surface area contributed by atoms with Crippen molar-refractivity contribution < 1.29 is 4.74 Å². The molecule has 1 saturated heterocycles. The van der Waals surface area contributed by atoms with Gasteiger partial charge in [-0.3, -0.25) is 9.69 Å². The van der Waals surface area contributed by atoms with Gasteiger partial charge in [-0.1, -0.05) is 37.6 Å². The van der Waals surface area contributed by atoms with E-state index in [4.69, 9.17) is 4.74 Å². The lowest BCUT2D eigenvalue weighted by atomic mass is 10.1. The number of aromatic nitrogens is 2. The van der Waals surface area contributed by atoms with Gasteiger partial charge in [-0.15, -0.1) is 0 Å². The van der Waals surface area contributed by atoms with Crippen LogP contribution in [0.2, 0.25) is 0 Å². The fraction of sp³-hybridized carbons (Fsp3) is 0.524. The van der Waals surface area contributed by atoms with E-state index in [0.717, 1.165) is 56.6 Å². The van der Waals surface area contributed by atoms with E-state index < -0.39 is 0 Å². The summed E-state index contributed by atoms with van der Waals surface area (Å²) in [7, 11) is 2.13. The van der Waals surface area contributed by atoms with E-state index in [0.29, 0.717) is 11.9 Å². The van der Waals surface area contributed by atoms with Crippen molar-refractivity contribution >= 4 is 0 Å². The smallest absolute Gasteiger partial charge is 0.251 e.